The Morgan fingerprint density at radius 3 is 2.80 bits per heavy atom. The summed E-state index contributed by atoms with van der Waals surface area (Å²) < 4.78 is 36.2. The smallest absolute Gasteiger partial charge is 0.291 e. The Bertz CT molecular complexity index is 855. The summed E-state index contributed by atoms with van der Waals surface area (Å²) in [6, 6.07) is 9.87. The van der Waals surface area contributed by atoms with Gasteiger partial charge >= 0.3 is 0 Å². The molecule has 3 rings (SSSR count). The van der Waals surface area contributed by atoms with Crippen molar-refractivity contribution >= 4 is 21.6 Å². The molecule has 1 aromatic heterocycles. The van der Waals surface area contributed by atoms with Gasteiger partial charge in [-0.25, -0.2) is 13.1 Å². The number of amides is 1. The first-order chi connectivity index (χ1) is 12.0. The van der Waals surface area contributed by atoms with Crippen LogP contribution in [-0.2, 0) is 21.4 Å². The van der Waals surface area contributed by atoms with Crippen LogP contribution >= 0.6 is 0 Å². The Balaban J connectivity index is 1.62. The van der Waals surface area contributed by atoms with Crippen LogP contribution in [0.1, 0.15) is 29.0 Å². The molecule has 0 saturated heterocycles. The van der Waals surface area contributed by atoms with Gasteiger partial charge in [0, 0.05) is 12.3 Å². The van der Waals surface area contributed by atoms with Crippen LogP contribution in [0.3, 0.4) is 0 Å². The average molecular weight is 364 g/mol. The van der Waals surface area contributed by atoms with Crippen molar-refractivity contribution in [3.8, 4) is 0 Å². The highest BCUT2D eigenvalue weighted by Gasteiger charge is 2.21. The van der Waals surface area contributed by atoms with Crippen molar-refractivity contribution in [2.45, 2.75) is 24.5 Å². The van der Waals surface area contributed by atoms with Gasteiger partial charge in [-0.2, -0.15) is 0 Å². The topological polar surface area (TPSA) is 97.6 Å². The van der Waals surface area contributed by atoms with Gasteiger partial charge in [0.2, 0.25) is 5.09 Å². The molecule has 1 aliphatic carbocycles. The van der Waals surface area contributed by atoms with E-state index in [-0.39, 0.29) is 10.9 Å². The number of sulfonamides is 1. The van der Waals surface area contributed by atoms with Gasteiger partial charge in [-0.3, -0.25) is 4.79 Å². The molecule has 0 unspecified atom stereocenters. The SMILES string of the molecule is CNS(=O)(=O)c1ccc(C(=O)Nc2cccc(COCC3CC3)c2)o1. The van der Waals surface area contributed by atoms with E-state index in [1.807, 2.05) is 18.2 Å². The van der Waals surface area contributed by atoms with Crippen molar-refractivity contribution in [3.63, 3.8) is 0 Å². The van der Waals surface area contributed by atoms with Crippen LogP contribution in [0, 0.1) is 5.92 Å². The third-order valence-corrected chi connectivity index (χ3v) is 5.13. The quantitative estimate of drug-likeness (QED) is 0.749. The number of anilines is 1. The number of carbonyl (C=O) groups is 1. The van der Waals surface area contributed by atoms with Crippen LogP contribution in [0.25, 0.3) is 0 Å². The Morgan fingerprint density at radius 1 is 1.28 bits per heavy atom. The minimum absolute atomic E-state index is 0.0794. The third kappa shape index (κ3) is 4.68. The number of hydrogen-bond acceptors (Lipinski definition) is 5. The van der Waals surface area contributed by atoms with Gasteiger partial charge in [0.25, 0.3) is 15.9 Å². The lowest BCUT2D eigenvalue weighted by atomic mass is 10.2. The summed E-state index contributed by atoms with van der Waals surface area (Å²) in [5, 5.41) is 2.39. The molecule has 1 fully saturated rings. The summed E-state index contributed by atoms with van der Waals surface area (Å²) in [7, 11) is -2.44. The Morgan fingerprint density at radius 2 is 2.08 bits per heavy atom. The largest absolute Gasteiger partial charge is 0.438 e. The fraction of sp³-hybridized carbons (Fsp3) is 0.353. The van der Waals surface area contributed by atoms with Gasteiger partial charge < -0.3 is 14.5 Å². The summed E-state index contributed by atoms with van der Waals surface area (Å²) in [5.74, 6) is 0.0998. The van der Waals surface area contributed by atoms with E-state index < -0.39 is 15.9 Å². The van der Waals surface area contributed by atoms with E-state index in [4.69, 9.17) is 9.15 Å². The molecule has 0 atom stereocenters. The number of hydrogen-bond donors (Lipinski definition) is 2. The highest BCUT2D eigenvalue weighted by Crippen LogP contribution is 2.29. The standard InChI is InChI=1S/C17H20N2O5S/c1-18-25(21,22)16-8-7-15(24-16)17(20)19-14-4-2-3-13(9-14)11-23-10-12-5-6-12/h2-4,7-9,12,18H,5-6,10-11H2,1H3,(H,19,20). The fourth-order valence-electron chi connectivity index (χ4n) is 2.25. The van der Waals surface area contributed by atoms with Crippen LogP contribution in [0.5, 0.6) is 0 Å². The van der Waals surface area contributed by atoms with E-state index in [1.165, 1.54) is 32.0 Å². The second-order valence-electron chi connectivity index (χ2n) is 5.94. The maximum absolute atomic E-state index is 12.2. The van der Waals surface area contributed by atoms with Crippen molar-refractivity contribution in [1.82, 2.24) is 4.72 Å². The van der Waals surface area contributed by atoms with Crippen molar-refractivity contribution < 1.29 is 22.4 Å². The van der Waals surface area contributed by atoms with Crippen molar-refractivity contribution in [1.29, 1.82) is 0 Å². The van der Waals surface area contributed by atoms with Crippen LogP contribution in [0.2, 0.25) is 0 Å². The normalized spacial score (nSPS) is 14.4. The molecule has 0 spiro atoms. The lowest BCUT2D eigenvalue weighted by molar-refractivity contribution is 0.0991. The summed E-state index contributed by atoms with van der Waals surface area (Å²) in [4.78, 5) is 12.2. The molecule has 0 radical (unpaired) electrons. The molecule has 134 valence electrons. The zero-order chi connectivity index (χ0) is 17.9. The van der Waals surface area contributed by atoms with Gasteiger partial charge in [0.1, 0.15) is 0 Å². The number of carbonyl (C=O) groups excluding carboxylic acids is 1. The van der Waals surface area contributed by atoms with Crippen LogP contribution < -0.4 is 10.0 Å². The van der Waals surface area contributed by atoms with Gasteiger partial charge in [0.05, 0.1) is 6.61 Å². The average Bonchev–Trinajstić information content (AvgIpc) is 3.27. The van der Waals surface area contributed by atoms with Gasteiger partial charge in [-0.1, -0.05) is 12.1 Å². The summed E-state index contributed by atoms with van der Waals surface area (Å²) in [6.07, 6.45) is 2.48. The first-order valence-electron chi connectivity index (χ1n) is 7.99. The molecular formula is C17H20N2O5S. The van der Waals surface area contributed by atoms with Crippen molar-refractivity contribution in [2.75, 3.05) is 19.0 Å². The molecule has 1 amide bonds. The van der Waals surface area contributed by atoms with E-state index >= 15 is 0 Å². The lowest BCUT2D eigenvalue weighted by Gasteiger charge is -2.07. The van der Waals surface area contributed by atoms with Crippen LogP contribution in [0.15, 0.2) is 45.9 Å². The Kier molecular flexibility index (Phi) is 5.22. The second-order valence-corrected chi connectivity index (χ2v) is 7.76. The number of nitrogens with one attached hydrogen (secondary N) is 2. The highest BCUT2D eigenvalue weighted by atomic mass is 32.2. The Hall–Kier alpha value is -2.16. The second kappa shape index (κ2) is 7.38. The fourth-order valence-corrected chi connectivity index (χ4v) is 2.89. The third-order valence-electron chi connectivity index (χ3n) is 3.84. The maximum atomic E-state index is 12.2. The highest BCUT2D eigenvalue weighted by molar-refractivity contribution is 7.89. The number of rotatable bonds is 8. The molecule has 0 aliphatic heterocycles. The maximum Gasteiger partial charge on any atom is 0.291 e. The molecule has 1 heterocycles. The minimum atomic E-state index is -3.72. The number of ether oxygens (including phenoxy) is 1. The summed E-state index contributed by atoms with van der Waals surface area (Å²) >= 11 is 0. The van der Waals surface area contributed by atoms with Gasteiger partial charge in [0.15, 0.2) is 5.76 Å². The van der Waals surface area contributed by atoms with E-state index in [2.05, 4.69) is 10.0 Å². The Labute approximate surface area is 146 Å². The molecule has 1 saturated carbocycles. The summed E-state index contributed by atoms with van der Waals surface area (Å²) in [5.41, 5.74) is 1.54. The van der Waals surface area contributed by atoms with Gasteiger partial charge in [-0.15, -0.1) is 0 Å². The summed E-state index contributed by atoms with van der Waals surface area (Å²) in [6.45, 7) is 1.26. The molecular weight excluding hydrogens is 344 g/mol. The zero-order valence-electron chi connectivity index (χ0n) is 13.8. The predicted octanol–water partition coefficient (Wildman–Crippen LogP) is 2.37. The van der Waals surface area contributed by atoms with Gasteiger partial charge in [-0.05, 0) is 55.6 Å². The van der Waals surface area contributed by atoms with Crippen molar-refractivity contribution in [3.05, 3.63) is 47.7 Å². The number of benzene rings is 1. The van der Waals surface area contributed by atoms with E-state index in [0.717, 1.165) is 12.2 Å². The molecule has 25 heavy (non-hydrogen) atoms. The van der Waals surface area contributed by atoms with E-state index in [9.17, 15) is 13.2 Å². The molecule has 1 aromatic carbocycles. The van der Waals surface area contributed by atoms with Crippen LogP contribution in [0.4, 0.5) is 5.69 Å². The van der Waals surface area contributed by atoms with E-state index in [0.29, 0.717) is 18.2 Å². The lowest BCUT2D eigenvalue weighted by Crippen LogP contribution is -2.18. The molecule has 2 aromatic rings. The molecule has 7 nitrogen and oxygen atoms in total. The first-order valence-corrected chi connectivity index (χ1v) is 9.47. The molecule has 1 aliphatic rings. The number of furan rings is 1. The minimum Gasteiger partial charge on any atom is -0.438 e. The molecule has 2 N–H and O–H groups in total. The van der Waals surface area contributed by atoms with Crippen LogP contribution in [-0.4, -0.2) is 28.0 Å². The predicted molar refractivity (Wildman–Crippen MR) is 91.7 cm³/mol. The molecule has 8 heteroatoms. The molecule has 0 bridgehead atoms. The first kappa shape index (κ1) is 17.7. The van der Waals surface area contributed by atoms with Crippen molar-refractivity contribution in [2.24, 2.45) is 5.92 Å². The van der Waals surface area contributed by atoms with E-state index in [1.54, 1.807) is 6.07 Å². The monoisotopic (exact) mass is 364 g/mol. The zero-order valence-corrected chi connectivity index (χ0v) is 14.6.